The van der Waals surface area contributed by atoms with Crippen LogP contribution in [0.2, 0.25) is 0 Å². The quantitative estimate of drug-likeness (QED) is 0.759. The molecule has 0 radical (unpaired) electrons. The lowest BCUT2D eigenvalue weighted by molar-refractivity contribution is -0.153. The molecule has 3 amide bonds. The number of hydrogen-bond acceptors (Lipinski definition) is 7. The molecule has 0 aliphatic carbocycles. The van der Waals surface area contributed by atoms with E-state index in [1.807, 2.05) is 17.5 Å². The molecule has 1 atom stereocenters. The van der Waals surface area contributed by atoms with Crippen molar-refractivity contribution in [2.75, 3.05) is 0 Å². The third-order valence-electron chi connectivity index (χ3n) is 3.01. The summed E-state index contributed by atoms with van der Waals surface area (Å²) in [5.74, 6) is -1.26. The number of esters is 1. The first-order valence-electron chi connectivity index (χ1n) is 7.95. The van der Waals surface area contributed by atoms with Gasteiger partial charge in [-0.15, -0.1) is 22.7 Å². The third kappa shape index (κ3) is 6.23. The van der Waals surface area contributed by atoms with E-state index in [2.05, 4.69) is 15.6 Å². The van der Waals surface area contributed by atoms with Gasteiger partial charge in [0.1, 0.15) is 5.01 Å². The van der Waals surface area contributed by atoms with Gasteiger partial charge in [-0.2, -0.15) is 0 Å². The largest absolute Gasteiger partial charge is 0.452 e. The van der Waals surface area contributed by atoms with Crippen molar-refractivity contribution in [2.45, 2.75) is 45.8 Å². The summed E-state index contributed by atoms with van der Waals surface area (Å²) in [5.41, 5.74) is 0.108. The fraction of sp³-hybridized carbons (Fsp3) is 0.412. The van der Waals surface area contributed by atoms with E-state index in [9.17, 15) is 14.4 Å². The van der Waals surface area contributed by atoms with Crippen molar-refractivity contribution in [3.63, 3.8) is 0 Å². The first-order valence-corrected chi connectivity index (χ1v) is 9.71. The molecule has 140 valence electrons. The Balaban J connectivity index is 1.83. The summed E-state index contributed by atoms with van der Waals surface area (Å²) < 4.78 is 5.08. The molecule has 9 heteroatoms. The van der Waals surface area contributed by atoms with Gasteiger partial charge >= 0.3 is 12.0 Å². The highest BCUT2D eigenvalue weighted by molar-refractivity contribution is 7.20. The van der Waals surface area contributed by atoms with Crippen LogP contribution in [-0.2, 0) is 20.7 Å². The highest BCUT2D eigenvalue weighted by Gasteiger charge is 2.22. The Morgan fingerprint density at radius 3 is 2.62 bits per heavy atom. The highest BCUT2D eigenvalue weighted by atomic mass is 32.1. The van der Waals surface area contributed by atoms with E-state index < -0.39 is 29.6 Å². The fourth-order valence-corrected chi connectivity index (χ4v) is 3.56. The molecule has 2 rings (SSSR count). The lowest BCUT2D eigenvalue weighted by Crippen LogP contribution is -2.50. The summed E-state index contributed by atoms with van der Waals surface area (Å²) in [5, 5.41) is 9.33. The molecule has 7 nitrogen and oxygen atoms in total. The number of aromatic nitrogens is 1. The van der Waals surface area contributed by atoms with Crippen LogP contribution in [0.4, 0.5) is 4.79 Å². The highest BCUT2D eigenvalue weighted by Crippen LogP contribution is 2.27. The molecule has 0 saturated carbocycles. The maximum absolute atomic E-state index is 12.0. The van der Waals surface area contributed by atoms with Crippen LogP contribution >= 0.6 is 22.7 Å². The number of nitrogens with zero attached hydrogens (tertiary/aromatic N) is 1. The van der Waals surface area contributed by atoms with Crippen LogP contribution in [0, 0.1) is 0 Å². The number of carbonyl (C=O) groups is 3. The summed E-state index contributed by atoms with van der Waals surface area (Å²) in [6.45, 7) is 6.78. The smallest absolute Gasteiger partial charge is 0.321 e. The molecular formula is C17H21N3O4S2. The SMILES string of the molecule is C[C@H](OC(=O)Cc1csc(-c2cccs2)n1)C(=O)NC(=O)NC(C)(C)C. The second kappa shape index (κ2) is 8.41. The maximum atomic E-state index is 12.0. The minimum atomic E-state index is -1.08. The topological polar surface area (TPSA) is 97.4 Å². The maximum Gasteiger partial charge on any atom is 0.321 e. The lowest BCUT2D eigenvalue weighted by Gasteiger charge is -2.21. The van der Waals surface area contributed by atoms with E-state index in [-0.39, 0.29) is 6.42 Å². The zero-order chi connectivity index (χ0) is 19.3. The molecule has 2 aromatic heterocycles. The molecule has 0 aliphatic heterocycles. The van der Waals surface area contributed by atoms with Crippen molar-refractivity contribution in [2.24, 2.45) is 0 Å². The molecule has 0 fully saturated rings. The zero-order valence-electron chi connectivity index (χ0n) is 15.0. The number of nitrogens with one attached hydrogen (secondary N) is 2. The Hall–Kier alpha value is -2.26. The molecule has 0 bridgehead atoms. The summed E-state index contributed by atoms with van der Waals surface area (Å²) in [7, 11) is 0. The third-order valence-corrected chi connectivity index (χ3v) is 4.94. The van der Waals surface area contributed by atoms with Gasteiger partial charge in [-0.05, 0) is 39.1 Å². The number of urea groups is 1. The van der Waals surface area contributed by atoms with Crippen LogP contribution in [0.15, 0.2) is 22.9 Å². The molecule has 0 aromatic carbocycles. The van der Waals surface area contributed by atoms with Crippen molar-refractivity contribution < 1.29 is 19.1 Å². The van der Waals surface area contributed by atoms with Crippen LogP contribution in [0.25, 0.3) is 9.88 Å². The number of thiophene rings is 1. The van der Waals surface area contributed by atoms with Crippen molar-refractivity contribution in [1.29, 1.82) is 0 Å². The first-order chi connectivity index (χ1) is 12.1. The Kier molecular flexibility index (Phi) is 6.49. The standard InChI is InChI=1S/C17H21N3O4S2/c1-10(14(22)19-16(23)20-17(2,3)4)24-13(21)8-11-9-26-15(18-11)12-6-5-7-25-12/h5-7,9-10H,8H2,1-4H3,(H2,19,20,22,23)/t10-/m0/s1. The Morgan fingerprint density at radius 2 is 2.00 bits per heavy atom. The van der Waals surface area contributed by atoms with Crippen LogP contribution < -0.4 is 10.6 Å². The number of amides is 3. The average molecular weight is 396 g/mol. The minimum absolute atomic E-state index is 0.0340. The van der Waals surface area contributed by atoms with Gasteiger partial charge in [0.25, 0.3) is 5.91 Å². The van der Waals surface area contributed by atoms with Gasteiger partial charge in [-0.1, -0.05) is 6.07 Å². The molecule has 2 N–H and O–H groups in total. The second-order valence-corrected chi connectivity index (χ2v) is 8.43. The summed E-state index contributed by atoms with van der Waals surface area (Å²) in [6.07, 6.45) is -1.11. The van der Waals surface area contributed by atoms with E-state index in [1.54, 1.807) is 37.5 Å². The Labute approximate surface area is 159 Å². The summed E-state index contributed by atoms with van der Waals surface area (Å²) in [6, 6.07) is 3.26. The number of thiazole rings is 1. The second-order valence-electron chi connectivity index (χ2n) is 6.62. The Morgan fingerprint density at radius 1 is 1.27 bits per heavy atom. The van der Waals surface area contributed by atoms with Gasteiger partial charge in [-0.25, -0.2) is 9.78 Å². The molecule has 2 aromatic rings. The number of ether oxygens (including phenoxy) is 1. The van der Waals surface area contributed by atoms with Gasteiger partial charge in [0.15, 0.2) is 6.10 Å². The van der Waals surface area contributed by atoms with Crippen molar-refractivity contribution in [3.05, 3.63) is 28.6 Å². The number of hydrogen-bond donors (Lipinski definition) is 2. The van der Waals surface area contributed by atoms with E-state index in [0.29, 0.717) is 5.69 Å². The van der Waals surface area contributed by atoms with Gasteiger partial charge in [0.2, 0.25) is 0 Å². The number of carbonyl (C=O) groups excluding carboxylic acids is 3. The van der Waals surface area contributed by atoms with E-state index in [1.165, 1.54) is 18.3 Å². The lowest BCUT2D eigenvalue weighted by atomic mass is 10.1. The zero-order valence-corrected chi connectivity index (χ0v) is 16.6. The van der Waals surface area contributed by atoms with Crippen LogP contribution in [0.1, 0.15) is 33.4 Å². The minimum Gasteiger partial charge on any atom is -0.452 e. The number of rotatable bonds is 5. The van der Waals surface area contributed by atoms with Crippen molar-refractivity contribution in [1.82, 2.24) is 15.6 Å². The molecule has 0 aliphatic rings. The van der Waals surface area contributed by atoms with Crippen LogP contribution in [0.3, 0.4) is 0 Å². The predicted octanol–water partition coefficient (Wildman–Crippen LogP) is 2.97. The fourth-order valence-electron chi connectivity index (χ4n) is 1.93. The molecule has 2 heterocycles. The van der Waals surface area contributed by atoms with Crippen molar-refractivity contribution in [3.8, 4) is 9.88 Å². The van der Waals surface area contributed by atoms with E-state index >= 15 is 0 Å². The summed E-state index contributed by atoms with van der Waals surface area (Å²) >= 11 is 3.02. The van der Waals surface area contributed by atoms with Crippen LogP contribution in [-0.4, -0.2) is 34.5 Å². The molecule has 0 saturated heterocycles. The molecular weight excluding hydrogens is 374 g/mol. The Bertz CT molecular complexity index is 778. The van der Waals surface area contributed by atoms with Gasteiger partial charge in [0, 0.05) is 10.9 Å². The average Bonchev–Trinajstić information content (AvgIpc) is 3.15. The van der Waals surface area contributed by atoms with Crippen molar-refractivity contribution >= 4 is 40.6 Å². The predicted molar refractivity (Wildman–Crippen MR) is 101 cm³/mol. The molecule has 26 heavy (non-hydrogen) atoms. The normalized spacial score (nSPS) is 12.3. The van der Waals surface area contributed by atoms with Crippen LogP contribution in [0.5, 0.6) is 0 Å². The van der Waals surface area contributed by atoms with E-state index in [0.717, 1.165) is 9.88 Å². The first kappa shape index (κ1) is 20.1. The molecule has 0 spiro atoms. The number of imide groups is 1. The summed E-state index contributed by atoms with van der Waals surface area (Å²) in [4.78, 5) is 41.0. The molecule has 0 unspecified atom stereocenters. The monoisotopic (exact) mass is 395 g/mol. The van der Waals surface area contributed by atoms with Gasteiger partial charge in [-0.3, -0.25) is 14.9 Å². The van der Waals surface area contributed by atoms with Gasteiger partial charge < -0.3 is 10.1 Å². The van der Waals surface area contributed by atoms with Gasteiger partial charge in [0.05, 0.1) is 17.0 Å². The van der Waals surface area contributed by atoms with E-state index in [4.69, 9.17) is 4.74 Å².